The van der Waals surface area contributed by atoms with Crippen LogP contribution >= 0.6 is 11.3 Å². The number of carbonyl (C=O) groups is 1. The number of carbonyl (C=O) groups excluding carboxylic acids is 1. The van der Waals surface area contributed by atoms with E-state index in [-0.39, 0.29) is 5.91 Å². The van der Waals surface area contributed by atoms with Crippen LogP contribution in [0.5, 0.6) is 5.75 Å². The Bertz CT molecular complexity index is 1070. The summed E-state index contributed by atoms with van der Waals surface area (Å²) in [4.78, 5) is 22.3. The standard InChI is InChI=1S/C25H29N3O3S/c1-19-9-11-21(30-2)23-24(19)32-25(26-23)28(14-6-13-27-15-17-31-18-16-27)22(29)12-10-20-7-4-3-5-8-20/h3-5,7-12H,6,13-18H2,1-2H3/b12-10+. The van der Waals surface area contributed by atoms with Gasteiger partial charge in [-0.25, -0.2) is 4.98 Å². The van der Waals surface area contributed by atoms with Crippen molar-refractivity contribution in [2.75, 3.05) is 51.4 Å². The number of aryl methyl sites for hydroxylation is 1. The normalized spacial score (nSPS) is 14.8. The lowest BCUT2D eigenvalue weighted by molar-refractivity contribution is -0.114. The van der Waals surface area contributed by atoms with Crippen LogP contribution in [0.4, 0.5) is 5.13 Å². The minimum atomic E-state index is -0.0634. The van der Waals surface area contributed by atoms with Gasteiger partial charge in [0.1, 0.15) is 11.3 Å². The summed E-state index contributed by atoms with van der Waals surface area (Å²) >= 11 is 1.54. The van der Waals surface area contributed by atoms with Gasteiger partial charge in [-0.3, -0.25) is 14.6 Å². The number of benzene rings is 2. The second kappa shape index (κ2) is 10.7. The van der Waals surface area contributed by atoms with Crippen molar-refractivity contribution in [3.63, 3.8) is 0 Å². The predicted molar refractivity (Wildman–Crippen MR) is 131 cm³/mol. The topological polar surface area (TPSA) is 54.9 Å². The number of thiazole rings is 1. The molecule has 2 heterocycles. The molecule has 1 saturated heterocycles. The highest BCUT2D eigenvalue weighted by Gasteiger charge is 2.21. The maximum atomic E-state index is 13.3. The first-order valence-corrected chi connectivity index (χ1v) is 11.8. The fourth-order valence-electron chi connectivity index (χ4n) is 3.78. The highest BCUT2D eigenvalue weighted by atomic mass is 32.1. The van der Waals surface area contributed by atoms with Crippen LogP contribution in [-0.4, -0.2) is 62.3 Å². The molecule has 0 bridgehead atoms. The highest BCUT2D eigenvalue weighted by Crippen LogP contribution is 2.36. The van der Waals surface area contributed by atoms with Crippen molar-refractivity contribution in [3.8, 4) is 5.75 Å². The van der Waals surface area contributed by atoms with E-state index in [4.69, 9.17) is 14.5 Å². The zero-order valence-corrected chi connectivity index (χ0v) is 19.4. The summed E-state index contributed by atoms with van der Waals surface area (Å²) in [5.74, 6) is 0.667. The number of fused-ring (bicyclic) bond motifs is 1. The Kier molecular flexibility index (Phi) is 7.52. The molecule has 1 aliphatic rings. The first-order valence-electron chi connectivity index (χ1n) is 10.9. The second-order valence-corrected chi connectivity index (χ2v) is 8.78. The number of nitrogens with zero attached hydrogens (tertiary/aromatic N) is 3. The van der Waals surface area contributed by atoms with Gasteiger partial charge in [0.15, 0.2) is 5.13 Å². The molecule has 6 nitrogen and oxygen atoms in total. The van der Waals surface area contributed by atoms with E-state index >= 15 is 0 Å². The summed E-state index contributed by atoms with van der Waals surface area (Å²) in [6.07, 6.45) is 4.37. The third kappa shape index (κ3) is 5.35. The van der Waals surface area contributed by atoms with E-state index in [0.29, 0.717) is 11.7 Å². The Morgan fingerprint density at radius 1 is 1.22 bits per heavy atom. The number of morpholine rings is 1. The van der Waals surface area contributed by atoms with Gasteiger partial charge in [0.25, 0.3) is 5.91 Å². The Morgan fingerprint density at radius 2 is 2.00 bits per heavy atom. The summed E-state index contributed by atoms with van der Waals surface area (Å²) in [7, 11) is 1.65. The minimum Gasteiger partial charge on any atom is -0.494 e. The van der Waals surface area contributed by atoms with Gasteiger partial charge in [-0.2, -0.15) is 0 Å². The first kappa shape index (κ1) is 22.5. The van der Waals surface area contributed by atoms with Crippen molar-refractivity contribution in [2.24, 2.45) is 0 Å². The summed E-state index contributed by atoms with van der Waals surface area (Å²) < 4.78 is 12.0. The van der Waals surface area contributed by atoms with Gasteiger partial charge < -0.3 is 9.47 Å². The predicted octanol–water partition coefficient (Wildman–Crippen LogP) is 4.38. The second-order valence-electron chi connectivity index (χ2n) is 7.80. The number of anilines is 1. The van der Waals surface area contributed by atoms with Gasteiger partial charge in [-0.1, -0.05) is 47.7 Å². The molecule has 1 amide bonds. The van der Waals surface area contributed by atoms with Gasteiger partial charge >= 0.3 is 0 Å². The van der Waals surface area contributed by atoms with E-state index in [0.717, 1.165) is 66.4 Å². The molecule has 0 aliphatic carbocycles. The van der Waals surface area contributed by atoms with Crippen LogP contribution in [0.1, 0.15) is 17.5 Å². The SMILES string of the molecule is COc1ccc(C)c2sc(N(CCCN3CCOCC3)C(=O)/C=C/c3ccccc3)nc12. The quantitative estimate of drug-likeness (QED) is 0.476. The zero-order valence-electron chi connectivity index (χ0n) is 18.6. The molecule has 0 spiro atoms. The fraction of sp³-hybridized carbons (Fsp3) is 0.360. The molecule has 0 radical (unpaired) electrons. The van der Waals surface area contributed by atoms with Crippen LogP contribution in [0.2, 0.25) is 0 Å². The number of amides is 1. The number of ether oxygens (including phenoxy) is 2. The van der Waals surface area contributed by atoms with E-state index in [9.17, 15) is 4.79 Å². The molecular weight excluding hydrogens is 422 g/mol. The van der Waals surface area contributed by atoms with E-state index in [2.05, 4.69) is 11.8 Å². The van der Waals surface area contributed by atoms with Crippen LogP contribution in [0.15, 0.2) is 48.5 Å². The van der Waals surface area contributed by atoms with Crippen molar-refractivity contribution >= 4 is 38.7 Å². The number of hydrogen-bond acceptors (Lipinski definition) is 6. The molecule has 0 atom stereocenters. The van der Waals surface area contributed by atoms with Gasteiger partial charge in [0.2, 0.25) is 0 Å². The van der Waals surface area contributed by atoms with Gasteiger partial charge in [-0.15, -0.1) is 0 Å². The van der Waals surface area contributed by atoms with Gasteiger partial charge in [0, 0.05) is 32.3 Å². The van der Waals surface area contributed by atoms with E-state index in [1.807, 2.05) is 48.5 Å². The smallest absolute Gasteiger partial charge is 0.252 e. The Labute approximate surface area is 193 Å². The number of hydrogen-bond donors (Lipinski definition) is 0. The molecule has 2 aromatic carbocycles. The van der Waals surface area contributed by atoms with E-state index < -0.39 is 0 Å². The Morgan fingerprint density at radius 3 is 2.75 bits per heavy atom. The molecule has 1 aromatic heterocycles. The summed E-state index contributed by atoms with van der Waals surface area (Å²) in [5, 5.41) is 0.706. The molecule has 7 heteroatoms. The van der Waals surface area contributed by atoms with Crippen LogP contribution < -0.4 is 9.64 Å². The van der Waals surface area contributed by atoms with Crippen molar-refractivity contribution in [1.29, 1.82) is 0 Å². The van der Waals surface area contributed by atoms with E-state index in [1.54, 1.807) is 29.4 Å². The first-order chi connectivity index (χ1) is 15.7. The summed E-state index contributed by atoms with van der Waals surface area (Å²) in [5.41, 5.74) is 2.94. The Hall–Kier alpha value is -2.74. The fourth-order valence-corrected chi connectivity index (χ4v) is 4.86. The average molecular weight is 452 g/mol. The lowest BCUT2D eigenvalue weighted by Gasteiger charge is -2.27. The molecule has 0 unspecified atom stereocenters. The Balaban J connectivity index is 1.57. The van der Waals surface area contributed by atoms with Crippen LogP contribution in [0.3, 0.4) is 0 Å². The number of aromatic nitrogens is 1. The van der Waals surface area contributed by atoms with Crippen LogP contribution in [0, 0.1) is 6.92 Å². The van der Waals surface area contributed by atoms with Gasteiger partial charge in [0.05, 0.1) is 25.0 Å². The third-order valence-corrected chi connectivity index (χ3v) is 6.80. The molecule has 168 valence electrons. The number of rotatable bonds is 8. The zero-order chi connectivity index (χ0) is 22.3. The van der Waals surface area contributed by atoms with Crippen molar-refractivity contribution in [1.82, 2.24) is 9.88 Å². The molecule has 4 rings (SSSR count). The molecule has 0 saturated carbocycles. The molecule has 0 N–H and O–H groups in total. The summed E-state index contributed by atoms with van der Waals surface area (Å²) in [6, 6.07) is 13.8. The maximum absolute atomic E-state index is 13.3. The third-order valence-electron chi connectivity index (χ3n) is 5.59. The highest BCUT2D eigenvalue weighted by molar-refractivity contribution is 7.22. The van der Waals surface area contributed by atoms with Gasteiger partial charge in [-0.05, 0) is 36.6 Å². The molecule has 3 aromatic rings. The molecular formula is C25H29N3O3S. The van der Waals surface area contributed by atoms with E-state index in [1.165, 1.54) is 0 Å². The van der Waals surface area contributed by atoms with Crippen molar-refractivity contribution < 1.29 is 14.3 Å². The molecule has 1 fully saturated rings. The molecule has 1 aliphatic heterocycles. The monoisotopic (exact) mass is 451 g/mol. The van der Waals surface area contributed by atoms with Crippen molar-refractivity contribution in [3.05, 3.63) is 59.7 Å². The lowest BCUT2D eigenvalue weighted by Crippen LogP contribution is -2.39. The van der Waals surface area contributed by atoms with Crippen LogP contribution in [-0.2, 0) is 9.53 Å². The maximum Gasteiger partial charge on any atom is 0.252 e. The molecule has 32 heavy (non-hydrogen) atoms. The summed E-state index contributed by atoms with van der Waals surface area (Å²) in [6.45, 7) is 7.04. The minimum absolute atomic E-state index is 0.0634. The van der Waals surface area contributed by atoms with Crippen LogP contribution in [0.25, 0.3) is 16.3 Å². The lowest BCUT2D eigenvalue weighted by atomic mass is 10.2. The number of methoxy groups -OCH3 is 1. The van der Waals surface area contributed by atoms with Crippen molar-refractivity contribution in [2.45, 2.75) is 13.3 Å². The average Bonchev–Trinajstić information content (AvgIpc) is 3.28. The largest absolute Gasteiger partial charge is 0.494 e.